The predicted molar refractivity (Wildman–Crippen MR) is 130 cm³/mol. The van der Waals surface area contributed by atoms with Crippen LogP contribution in [0.4, 0.5) is 0 Å². The number of esters is 1. The predicted octanol–water partition coefficient (Wildman–Crippen LogP) is 5.33. The van der Waals surface area contributed by atoms with E-state index in [4.69, 9.17) is 27.9 Å². The summed E-state index contributed by atoms with van der Waals surface area (Å²) in [7, 11) is 0. The number of allylic oxidation sites excluding steroid dienone is 6. The first-order chi connectivity index (χ1) is 15.4. The highest BCUT2D eigenvalue weighted by molar-refractivity contribution is 6.43. The van der Waals surface area contributed by atoms with Crippen molar-refractivity contribution >= 4 is 35.0 Å². The lowest BCUT2D eigenvalue weighted by molar-refractivity contribution is -0.150. The molecular weight excluding hydrogens is 463 g/mol. The van der Waals surface area contributed by atoms with Crippen molar-refractivity contribution in [3.8, 4) is 0 Å². The molecule has 2 N–H and O–H groups in total. The molecule has 0 aromatic rings. The van der Waals surface area contributed by atoms with Gasteiger partial charge in [-0.15, -0.1) is 11.6 Å². The highest BCUT2D eigenvalue weighted by atomic mass is 35.5. The molecule has 0 radical (unpaired) electrons. The van der Waals surface area contributed by atoms with Gasteiger partial charge in [0.2, 0.25) is 0 Å². The quantitative estimate of drug-likeness (QED) is 0.269. The van der Waals surface area contributed by atoms with Crippen LogP contribution in [0.1, 0.15) is 41.0 Å². The van der Waals surface area contributed by atoms with Gasteiger partial charge in [-0.25, -0.2) is 0 Å². The lowest BCUT2D eigenvalue weighted by atomic mass is 9.55. The van der Waals surface area contributed by atoms with Crippen molar-refractivity contribution in [2.75, 3.05) is 0 Å². The van der Waals surface area contributed by atoms with Gasteiger partial charge in [-0.3, -0.25) is 9.59 Å². The minimum absolute atomic E-state index is 0.00552. The van der Waals surface area contributed by atoms with Crippen LogP contribution in [-0.4, -0.2) is 39.0 Å². The van der Waals surface area contributed by atoms with Crippen molar-refractivity contribution in [1.29, 1.82) is 0 Å². The SMILES string of the molecule is C[C@H]1[C@H]2[C@@H]3C(=O)/C(Cl)=C(\O)[C@H](C)C(=O)O[C@@H](C)/C=C/C=C\[C@@H](C)[C@@H]3C=C[C@@H]2C[C@@](C)(O)[C@@H]1Cl. The van der Waals surface area contributed by atoms with Crippen LogP contribution in [-0.2, 0) is 14.3 Å². The van der Waals surface area contributed by atoms with Gasteiger partial charge >= 0.3 is 5.97 Å². The molecular formula is C26H34Cl2O5. The van der Waals surface area contributed by atoms with Gasteiger partial charge in [0.1, 0.15) is 22.8 Å². The number of alkyl halides is 1. The molecule has 0 unspecified atom stereocenters. The van der Waals surface area contributed by atoms with E-state index in [0.717, 1.165) is 0 Å². The standard InChI is InChI=1S/C26H34Cl2O5/c1-13-8-6-7-9-14(2)33-25(31)16(4)22(29)21(27)23(30)20-18(13)11-10-17-12-26(5,32)24(28)15(3)19(17)20/h6-11,13-20,24,29,32H,12H2,1-5H3/b8-6-,9-7+,22-21+/t13-,14+,15+,16+,17-,18+,19-,20-,24-,26-/m1/s1. The van der Waals surface area contributed by atoms with E-state index >= 15 is 0 Å². The number of hydrogen-bond acceptors (Lipinski definition) is 5. The second kappa shape index (κ2) is 9.97. The minimum Gasteiger partial charge on any atom is -0.510 e. The zero-order valence-corrected chi connectivity index (χ0v) is 21.3. The molecule has 0 spiro atoms. The number of aliphatic hydroxyl groups excluding tert-OH is 1. The van der Waals surface area contributed by atoms with Gasteiger partial charge in [0, 0.05) is 5.92 Å². The number of ether oxygens (including phenoxy) is 1. The topological polar surface area (TPSA) is 83.8 Å². The molecule has 33 heavy (non-hydrogen) atoms. The molecule has 5 nitrogen and oxygen atoms in total. The summed E-state index contributed by atoms with van der Waals surface area (Å²) in [6, 6.07) is 0. The van der Waals surface area contributed by atoms with Gasteiger partial charge in [-0.2, -0.15) is 0 Å². The summed E-state index contributed by atoms with van der Waals surface area (Å²) in [6.07, 6.45) is 11.5. The van der Waals surface area contributed by atoms with Crippen LogP contribution >= 0.6 is 23.2 Å². The Hall–Kier alpha value is -1.56. The van der Waals surface area contributed by atoms with Crippen LogP contribution in [0.3, 0.4) is 0 Å². The van der Waals surface area contributed by atoms with Crippen molar-refractivity contribution in [1.82, 2.24) is 0 Å². The number of carbonyl (C=O) groups is 2. The van der Waals surface area contributed by atoms with Gasteiger partial charge < -0.3 is 14.9 Å². The average molecular weight is 497 g/mol. The van der Waals surface area contributed by atoms with E-state index in [0.29, 0.717) is 6.42 Å². The molecule has 10 atom stereocenters. The summed E-state index contributed by atoms with van der Waals surface area (Å²) < 4.78 is 5.35. The summed E-state index contributed by atoms with van der Waals surface area (Å²) in [6.45, 7) is 8.92. The number of cyclic esters (lactones) is 1. The molecule has 7 heteroatoms. The first kappa shape index (κ1) is 26.1. The Labute approximate surface area is 206 Å². The molecule has 1 heterocycles. The number of carbonyl (C=O) groups excluding carboxylic acids is 2. The van der Waals surface area contributed by atoms with Crippen molar-refractivity contribution < 1.29 is 24.5 Å². The summed E-state index contributed by atoms with van der Waals surface area (Å²) in [5.74, 6) is -3.77. The van der Waals surface area contributed by atoms with E-state index in [-0.39, 0.29) is 34.6 Å². The van der Waals surface area contributed by atoms with Crippen LogP contribution in [0.15, 0.2) is 47.2 Å². The second-order valence-electron chi connectivity index (χ2n) is 10.1. The monoisotopic (exact) mass is 496 g/mol. The van der Waals surface area contributed by atoms with Crippen LogP contribution in [0.5, 0.6) is 0 Å². The van der Waals surface area contributed by atoms with Crippen molar-refractivity contribution in [2.24, 2.45) is 41.4 Å². The van der Waals surface area contributed by atoms with E-state index in [1.807, 2.05) is 38.2 Å². The largest absolute Gasteiger partial charge is 0.510 e. The number of fused-ring (bicyclic) bond motifs is 3. The Morgan fingerprint density at radius 1 is 1.06 bits per heavy atom. The van der Waals surface area contributed by atoms with Crippen LogP contribution in [0.2, 0.25) is 0 Å². The Morgan fingerprint density at radius 2 is 1.70 bits per heavy atom. The molecule has 0 saturated heterocycles. The Balaban J connectivity index is 2.13. The lowest BCUT2D eigenvalue weighted by Gasteiger charge is -2.52. The van der Waals surface area contributed by atoms with Crippen molar-refractivity contribution in [3.63, 3.8) is 0 Å². The number of ketones is 1. The normalized spacial score (nSPS) is 48.8. The Morgan fingerprint density at radius 3 is 2.36 bits per heavy atom. The fraction of sp³-hybridized carbons (Fsp3) is 0.615. The number of hydrogen-bond donors (Lipinski definition) is 2. The second-order valence-corrected chi connectivity index (χ2v) is 11.0. The van der Waals surface area contributed by atoms with Crippen molar-refractivity contribution in [2.45, 2.75) is 58.1 Å². The first-order valence-electron chi connectivity index (χ1n) is 11.6. The Bertz CT molecular complexity index is 902. The van der Waals surface area contributed by atoms with E-state index < -0.39 is 46.4 Å². The van der Waals surface area contributed by atoms with Gasteiger partial charge in [-0.1, -0.05) is 55.8 Å². The Kier molecular flexibility index (Phi) is 7.87. The summed E-state index contributed by atoms with van der Waals surface area (Å²) >= 11 is 13.1. The molecule has 0 bridgehead atoms. The minimum atomic E-state index is -1.08. The fourth-order valence-corrected chi connectivity index (χ4v) is 6.20. The maximum atomic E-state index is 13.8. The number of Topliss-reactive ketones (excluding diaryl/α,β-unsaturated/α-hetero) is 1. The summed E-state index contributed by atoms with van der Waals surface area (Å²) in [5.41, 5.74) is -1.06. The highest BCUT2D eigenvalue weighted by Gasteiger charge is 2.54. The van der Waals surface area contributed by atoms with Crippen LogP contribution in [0, 0.1) is 41.4 Å². The third-order valence-electron chi connectivity index (χ3n) is 7.54. The van der Waals surface area contributed by atoms with E-state index in [9.17, 15) is 19.8 Å². The lowest BCUT2D eigenvalue weighted by Crippen LogP contribution is -2.55. The molecule has 0 amide bonds. The summed E-state index contributed by atoms with van der Waals surface area (Å²) in [5, 5.41) is 20.7. The van der Waals surface area contributed by atoms with Gasteiger partial charge in [-0.05, 0) is 62.9 Å². The summed E-state index contributed by atoms with van der Waals surface area (Å²) in [4.78, 5) is 26.3. The van der Waals surface area contributed by atoms with Crippen LogP contribution < -0.4 is 0 Å². The van der Waals surface area contributed by atoms with Gasteiger partial charge in [0.25, 0.3) is 0 Å². The maximum Gasteiger partial charge on any atom is 0.316 e. The molecule has 0 aromatic carbocycles. The van der Waals surface area contributed by atoms with Gasteiger partial charge in [0.15, 0.2) is 5.78 Å². The van der Waals surface area contributed by atoms with E-state index in [1.54, 1.807) is 19.9 Å². The van der Waals surface area contributed by atoms with Crippen LogP contribution in [0.25, 0.3) is 0 Å². The van der Waals surface area contributed by atoms with Gasteiger partial charge in [0.05, 0.1) is 11.0 Å². The average Bonchev–Trinajstić information content (AvgIpc) is 2.76. The number of rotatable bonds is 0. The zero-order chi connectivity index (χ0) is 24.7. The van der Waals surface area contributed by atoms with Crippen molar-refractivity contribution in [3.05, 3.63) is 47.2 Å². The fourth-order valence-electron chi connectivity index (χ4n) is 5.65. The maximum absolute atomic E-state index is 13.8. The third-order valence-corrected chi connectivity index (χ3v) is 8.79. The molecule has 1 aliphatic heterocycles. The number of halogens is 2. The number of aliphatic hydroxyl groups is 2. The van der Waals surface area contributed by atoms with E-state index in [1.165, 1.54) is 6.92 Å². The molecule has 1 fully saturated rings. The molecule has 3 aliphatic rings. The third kappa shape index (κ3) is 5.11. The first-order valence-corrected chi connectivity index (χ1v) is 12.4. The van der Waals surface area contributed by atoms with E-state index in [2.05, 4.69) is 6.08 Å². The molecule has 0 aromatic heterocycles. The zero-order valence-electron chi connectivity index (χ0n) is 19.7. The highest BCUT2D eigenvalue weighted by Crippen LogP contribution is 2.53. The molecule has 1 saturated carbocycles. The smallest absolute Gasteiger partial charge is 0.316 e. The molecule has 2 aliphatic carbocycles. The molecule has 3 rings (SSSR count). The molecule has 182 valence electrons.